The lowest BCUT2D eigenvalue weighted by atomic mass is 9.97. The van der Waals surface area contributed by atoms with Crippen LogP contribution in [-0.4, -0.2) is 36.5 Å². The number of hydrogen-bond acceptors (Lipinski definition) is 6. The lowest BCUT2D eigenvalue weighted by Gasteiger charge is -2.30. The number of piperidine rings is 1. The van der Waals surface area contributed by atoms with Gasteiger partial charge in [-0.2, -0.15) is 10.5 Å². The van der Waals surface area contributed by atoms with Crippen molar-refractivity contribution < 1.29 is 14.3 Å². The Morgan fingerprint density at radius 3 is 2.62 bits per heavy atom. The molecule has 1 aliphatic rings. The highest BCUT2D eigenvalue weighted by molar-refractivity contribution is 6.07. The smallest absolute Gasteiger partial charge is 0.309 e. The molecule has 0 atom stereocenters. The molecule has 0 aromatic heterocycles. The van der Waals surface area contributed by atoms with E-state index in [-0.39, 0.29) is 17.5 Å². The quantitative estimate of drug-likeness (QED) is 0.494. The molecule has 7 nitrogen and oxygen atoms in total. The predicted molar refractivity (Wildman–Crippen MR) is 94.4 cm³/mol. The summed E-state index contributed by atoms with van der Waals surface area (Å²) in [5.74, 6) is -0.897. The van der Waals surface area contributed by atoms with Crippen molar-refractivity contribution in [2.45, 2.75) is 19.8 Å². The van der Waals surface area contributed by atoms with E-state index in [9.17, 15) is 14.9 Å². The van der Waals surface area contributed by atoms with Gasteiger partial charge in [-0.25, -0.2) is 0 Å². The fraction of sp³-hybridized carbons (Fsp3) is 0.368. The summed E-state index contributed by atoms with van der Waals surface area (Å²) in [4.78, 5) is 25.9. The Morgan fingerprint density at radius 1 is 1.31 bits per heavy atom. The molecule has 0 spiro atoms. The number of anilines is 1. The number of ether oxygens (including phenoxy) is 1. The van der Waals surface area contributed by atoms with E-state index in [0.29, 0.717) is 43.8 Å². The molecule has 1 N–H and O–H groups in total. The van der Waals surface area contributed by atoms with Crippen LogP contribution < -0.4 is 5.32 Å². The van der Waals surface area contributed by atoms with Gasteiger partial charge in [-0.1, -0.05) is 12.1 Å². The zero-order valence-corrected chi connectivity index (χ0v) is 14.6. The van der Waals surface area contributed by atoms with Gasteiger partial charge >= 0.3 is 5.97 Å². The largest absolute Gasteiger partial charge is 0.466 e. The van der Waals surface area contributed by atoms with E-state index in [1.807, 2.05) is 17.0 Å². The molecular weight excluding hydrogens is 332 g/mol. The lowest BCUT2D eigenvalue weighted by Crippen LogP contribution is -2.34. The second kappa shape index (κ2) is 9.24. The SMILES string of the molecule is CCOC(=O)C1CCN(/C=C(/C#N)C(=O)Nc2ccccc2C#N)CC1. The highest BCUT2D eigenvalue weighted by Crippen LogP contribution is 2.20. The summed E-state index contributed by atoms with van der Waals surface area (Å²) in [5, 5.41) is 21.0. The van der Waals surface area contributed by atoms with Crippen molar-refractivity contribution in [2.24, 2.45) is 5.92 Å². The summed E-state index contributed by atoms with van der Waals surface area (Å²) in [6, 6.07) is 10.5. The number of carbonyl (C=O) groups is 2. The molecule has 26 heavy (non-hydrogen) atoms. The Morgan fingerprint density at radius 2 is 2.00 bits per heavy atom. The van der Waals surface area contributed by atoms with E-state index in [1.165, 1.54) is 6.20 Å². The zero-order valence-electron chi connectivity index (χ0n) is 14.6. The van der Waals surface area contributed by atoms with E-state index in [2.05, 4.69) is 5.32 Å². The van der Waals surface area contributed by atoms with E-state index < -0.39 is 5.91 Å². The van der Waals surface area contributed by atoms with Crippen molar-refractivity contribution in [3.8, 4) is 12.1 Å². The molecule has 0 radical (unpaired) electrons. The van der Waals surface area contributed by atoms with E-state index in [4.69, 9.17) is 10.00 Å². The molecule has 0 saturated carbocycles. The van der Waals surface area contributed by atoms with Crippen LogP contribution >= 0.6 is 0 Å². The summed E-state index contributed by atoms with van der Waals surface area (Å²) < 4.78 is 5.03. The summed E-state index contributed by atoms with van der Waals surface area (Å²) in [6.07, 6.45) is 2.74. The van der Waals surface area contributed by atoms with Crippen LogP contribution in [0.1, 0.15) is 25.3 Å². The van der Waals surface area contributed by atoms with Crippen LogP contribution in [0.2, 0.25) is 0 Å². The monoisotopic (exact) mass is 352 g/mol. The van der Waals surface area contributed by atoms with E-state index >= 15 is 0 Å². The number of rotatable bonds is 5. The maximum Gasteiger partial charge on any atom is 0.309 e. The van der Waals surface area contributed by atoms with Crippen molar-refractivity contribution >= 4 is 17.6 Å². The molecule has 134 valence electrons. The second-order valence-electron chi connectivity index (χ2n) is 5.83. The molecule has 1 aromatic rings. The molecule has 2 rings (SSSR count). The number of carbonyl (C=O) groups excluding carboxylic acids is 2. The molecule has 1 amide bonds. The van der Waals surface area contributed by atoms with Gasteiger partial charge in [0.05, 0.1) is 23.8 Å². The standard InChI is InChI=1S/C19H20N4O3/c1-2-26-19(25)14-7-9-23(10-8-14)13-16(12-21)18(24)22-17-6-4-3-5-15(17)11-20/h3-6,13-14H,2,7-10H2,1H3,(H,22,24)/b16-13-. The Hall–Kier alpha value is -3.32. The molecule has 0 bridgehead atoms. The van der Waals surface area contributed by atoms with Gasteiger partial charge in [0.1, 0.15) is 17.7 Å². The van der Waals surface area contributed by atoms with E-state index in [1.54, 1.807) is 31.2 Å². The maximum atomic E-state index is 12.3. The molecule has 0 unspecified atom stereocenters. The lowest BCUT2D eigenvalue weighted by molar-refractivity contribution is -0.149. The minimum atomic E-state index is -0.567. The Bertz CT molecular complexity index is 781. The molecule has 1 heterocycles. The van der Waals surface area contributed by atoms with E-state index in [0.717, 1.165) is 0 Å². The van der Waals surface area contributed by atoms with Gasteiger partial charge in [0.25, 0.3) is 5.91 Å². The van der Waals surface area contributed by atoms with Gasteiger partial charge in [0, 0.05) is 19.3 Å². The molecule has 1 aliphatic heterocycles. The normalized spacial score (nSPS) is 14.9. The van der Waals surface area contributed by atoms with Crippen molar-refractivity contribution in [2.75, 3.05) is 25.0 Å². The maximum absolute atomic E-state index is 12.3. The van der Waals surface area contributed by atoms with Crippen molar-refractivity contribution in [1.29, 1.82) is 10.5 Å². The average molecular weight is 352 g/mol. The van der Waals surface area contributed by atoms with Gasteiger partial charge in [-0.3, -0.25) is 9.59 Å². The van der Waals surface area contributed by atoms with Gasteiger partial charge < -0.3 is 15.0 Å². The first-order valence-electron chi connectivity index (χ1n) is 8.42. The van der Waals surface area contributed by atoms with Gasteiger partial charge in [-0.05, 0) is 31.9 Å². The molecule has 1 saturated heterocycles. The second-order valence-corrected chi connectivity index (χ2v) is 5.83. The summed E-state index contributed by atoms with van der Waals surface area (Å²) in [6.45, 7) is 3.27. The number of likely N-dealkylation sites (tertiary alicyclic amines) is 1. The van der Waals surface area contributed by atoms with Crippen LogP contribution in [0.3, 0.4) is 0 Å². The predicted octanol–water partition coefficient (Wildman–Crippen LogP) is 2.18. The van der Waals surface area contributed by atoms with Crippen LogP contribution in [0.25, 0.3) is 0 Å². The number of para-hydroxylation sites is 1. The van der Waals surface area contributed by atoms with Crippen molar-refractivity contribution in [3.63, 3.8) is 0 Å². The van der Waals surface area contributed by atoms with Crippen LogP contribution in [0.5, 0.6) is 0 Å². The van der Waals surface area contributed by atoms with Gasteiger partial charge in [0.15, 0.2) is 0 Å². The highest BCUT2D eigenvalue weighted by Gasteiger charge is 2.25. The van der Waals surface area contributed by atoms with Gasteiger partial charge in [-0.15, -0.1) is 0 Å². The van der Waals surface area contributed by atoms with Crippen LogP contribution in [0, 0.1) is 28.6 Å². The third-order valence-electron chi connectivity index (χ3n) is 4.12. The van der Waals surface area contributed by atoms with Crippen molar-refractivity contribution in [3.05, 3.63) is 41.6 Å². The minimum Gasteiger partial charge on any atom is -0.466 e. The number of esters is 1. The number of hydrogen-bond donors (Lipinski definition) is 1. The average Bonchev–Trinajstić information content (AvgIpc) is 2.67. The van der Waals surface area contributed by atoms with Gasteiger partial charge in [0.2, 0.25) is 0 Å². The van der Waals surface area contributed by atoms with Crippen molar-refractivity contribution in [1.82, 2.24) is 4.90 Å². The summed E-state index contributed by atoms with van der Waals surface area (Å²) >= 11 is 0. The first-order chi connectivity index (χ1) is 12.6. The Balaban J connectivity index is 2.00. The fourth-order valence-electron chi connectivity index (χ4n) is 2.72. The first-order valence-corrected chi connectivity index (χ1v) is 8.42. The number of nitriles is 2. The molecule has 1 fully saturated rings. The summed E-state index contributed by atoms with van der Waals surface area (Å²) in [5.41, 5.74) is 0.642. The third-order valence-corrected chi connectivity index (χ3v) is 4.12. The Kier molecular flexibility index (Phi) is 6.75. The Labute approximate surface area is 152 Å². The van der Waals surface area contributed by atoms with Crippen LogP contribution in [-0.2, 0) is 14.3 Å². The topological polar surface area (TPSA) is 106 Å². The number of nitrogens with zero attached hydrogens (tertiary/aromatic N) is 3. The van der Waals surface area contributed by atoms with Crippen LogP contribution in [0.15, 0.2) is 36.0 Å². The molecule has 7 heteroatoms. The highest BCUT2D eigenvalue weighted by atomic mass is 16.5. The number of nitrogens with one attached hydrogen (secondary N) is 1. The fourth-order valence-corrected chi connectivity index (χ4v) is 2.72. The zero-order chi connectivity index (χ0) is 18.9. The minimum absolute atomic E-state index is 0.0488. The summed E-state index contributed by atoms with van der Waals surface area (Å²) in [7, 11) is 0. The molecule has 1 aromatic carbocycles. The molecule has 0 aliphatic carbocycles. The third kappa shape index (κ3) is 4.84. The van der Waals surface area contributed by atoms with Crippen LogP contribution in [0.4, 0.5) is 5.69 Å². The first kappa shape index (κ1) is 19.0. The number of benzene rings is 1. The molecular formula is C19H20N4O3. The number of amides is 1.